The Balaban J connectivity index is 2.09. The Labute approximate surface area is 136 Å². The normalized spacial score (nSPS) is 11.5. The monoisotopic (exact) mass is 350 g/mol. The fourth-order valence-electron chi connectivity index (χ4n) is 2.25. The first kappa shape index (κ1) is 15.4. The van der Waals surface area contributed by atoms with Crippen molar-refractivity contribution in [3.8, 4) is 0 Å². The zero-order chi connectivity index (χ0) is 16.6. The number of fused-ring (bicyclic) bond motifs is 1. The standard InChI is InChI=1S/C15H11ClN2O4S/c16-10-2-4-11(5-3-10)23(21,22)18-12-6-1-9-7-8-17-14(9)13(12)15(19)20/h1-8,17-18H,(H,19,20). The van der Waals surface area contributed by atoms with Crippen LogP contribution in [0, 0.1) is 0 Å². The predicted molar refractivity (Wildman–Crippen MR) is 87.5 cm³/mol. The van der Waals surface area contributed by atoms with Crippen LogP contribution in [0.2, 0.25) is 5.02 Å². The highest BCUT2D eigenvalue weighted by Crippen LogP contribution is 2.27. The number of H-pyrrole nitrogens is 1. The highest BCUT2D eigenvalue weighted by Gasteiger charge is 2.21. The molecule has 3 aromatic rings. The van der Waals surface area contributed by atoms with Crippen LogP contribution in [0.3, 0.4) is 0 Å². The minimum Gasteiger partial charge on any atom is -0.478 e. The van der Waals surface area contributed by atoms with Crippen LogP contribution in [-0.2, 0) is 10.0 Å². The van der Waals surface area contributed by atoms with E-state index in [1.807, 2.05) is 0 Å². The predicted octanol–water partition coefficient (Wildman–Crippen LogP) is 3.32. The van der Waals surface area contributed by atoms with Gasteiger partial charge in [-0.2, -0.15) is 0 Å². The van der Waals surface area contributed by atoms with Gasteiger partial charge in [0.05, 0.1) is 16.1 Å². The first-order valence-corrected chi connectivity index (χ1v) is 8.36. The molecule has 3 N–H and O–H groups in total. The number of sulfonamides is 1. The van der Waals surface area contributed by atoms with Crippen LogP contribution in [0.25, 0.3) is 10.9 Å². The zero-order valence-corrected chi connectivity index (χ0v) is 13.1. The number of hydrogen-bond acceptors (Lipinski definition) is 3. The molecule has 0 saturated heterocycles. The molecule has 0 unspecified atom stereocenters. The SMILES string of the molecule is O=C(O)c1c(NS(=O)(=O)c2ccc(Cl)cc2)ccc2cc[nH]c12. The number of carboxylic acid groups (broad SMARTS) is 1. The van der Waals surface area contributed by atoms with Gasteiger partial charge in [-0.1, -0.05) is 17.7 Å². The van der Waals surface area contributed by atoms with Gasteiger partial charge in [-0.3, -0.25) is 4.72 Å². The molecule has 1 heterocycles. The van der Waals surface area contributed by atoms with Crippen LogP contribution in [0.5, 0.6) is 0 Å². The smallest absolute Gasteiger partial charge is 0.339 e. The Morgan fingerprint density at radius 3 is 2.43 bits per heavy atom. The van der Waals surface area contributed by atoms with Crippen LogP contribution in [0.1, 0.15) is 10.4 Å². The van der Waals surface area contributed by atoms with E-state index in [2.05, 4.69) is 9.71 Å². The van der Waals surface area contributed by atoms with Gasteiger partial charge in [-0.05, 0) is 36.4 Å². The highest BCUT2D eigenvalue weighted by atomic mass is 35.5. The third-order valence-corrected chi connectivity index (χ3v) is 4.94. The number of nitrogens with one attached hydrogen (secondary N) is 2. The Bertz CT molecular complexity index is 994. The van der Waals surface area contributed by atoms with Crippen molar-refractivity contribution < 1.29 is 18.3 Å². The lowest BCUT2D eigenvalue weighted by Crippen LogP contribution is -2.15. The van der Waals surface area contributed by atoms with Crippen molar-refractivity contribution in [2.75, 3.05) is 4.72 Å². The summed E-state index contributed by atoms with van der Waals surface area (Å²) in [5.41, 5.74) is 0.209. The van der Waals surface area contributed by atoms with E-state index in [1.165, 1.54) is 30.3 Å². The van der Waals surface area contributed by atoms with Gasteiger partial charge in [-0.15, -0.1) is 0 Å². The van der Waals surface area contributed by atoms with E-state index < -0.39 is 16.0 Å². The third-order valence-electron chi connectivity index (χ3n) is 3.31. The maximum atomic E-state index is 12.4. The van der Waals surface area contributed by atoms with E-state index >= 15 is 0 Å². The molecule has 0 radical (unpaired) electrons. The molecule has 0 fully saturated rings. The maximum absolute atomic E-state index is 12.4. The molecule has 0 atom stereocenters. The summed E-state index contributed by atoms with van der Waals surface area (Å²) in [5.74, 6) is -1.23. The molecule has 0 amide bonds. The van der Waals surface area contributed by atoms with Crippen LogP contribution in [0.15, 0.2) is 53.6 Å². The molecule has 8 heteroatoms. The second kappa shape index (κ2) is 5.60. The molecule has 2 aromatic carbocycles. The maximum Gasteiger partial charge on any atom is 0.339 e. The number of hydrogen-bond donors (Lipinski definition) is 3. The number of carboxylic acids is 1. The van der Waals surface area contributed by atoms with Crippen LogP contribution in [-0.4, -0.2) is 24.5 Å². The fraction of sp³-hybridized carbons (Fsp3) is 0. The molecule has 1 aromatic heterocycles. The minimum absolute atomic E-state index is 0.00942. The molecule has 0 aliphatic carbocycles. The van der Waals surface area contributed by atoms with Crippen LogP contribution < -0.4 is 4.72 Å². The molecule has 0 bridgehead atoms. The van der Waals surface area contributed by atoms with E-state index in [1.54, 1.807) is 18.3 Å². The first-order valence-electron chi connectivity index (χ1n) is 6.50. The third kappa shape index (κ3) is 2.88. The summed E-state index contributed by atoms with van der Waals surface area (Å²) in [6.45, 7) is 0. The highest BCUT2D eigenvalue weighted by molar-refractivity contribution is 7.92. The van der Waals surface area contributed by atoms with Crippen LogP contribution >= 0.6 is 11.6 Å². The lowest BCUT2D eigenvalue weighted by Gasteiger charge is -2.11. The average molecular weight is 351 g/mol. The van der Waals surface area contributed by atoms with Gasteiger partial charge < -0.3 is 10.1 Å². The fourth-order valence-corrected chi connectivity index (χ4v) is 3.45. The number of rotatable bonds is 4. The number of aromatic amines is 1. The van der Waals surface area contributed by atoms with Crippen molar-refractivity contribution in [2.24, 2.45) is 0 Å². The molecule has 0 aliphatic rings. The molecule has 0 aliphatic heterocycles. The van der Waals surface area contributed by atoms with Gasteiger partial charge in [-0.25, -0.2) is 13.2 Å². The van der Waals surface area contributed by atoms with E-state index in [0.717, 1.165) is 0 Å². The van der Waals surface area contributed by atoms with Gasteiger partial charge in [0, 0.05) is 16.6 Å². The summed E-state index contributed by atoms with van der Waals surface area (Å²) >= 11 is 5.74. The summed E-state index contributed by atoms with van der Waals surface area (Å²) in [6, 6.07) is 10.4. The average Bonchev–Trinajstić information content (AvgIpc) is 2.95. The van der Waals surface area contributed by atoms with Crippen molar-refractivity contribution in [3.05, 3.63) is 59.2 Å². The van der Waals surface area contributed by atoms with E-state index in [4.69, 9.17) is 11.6 Å². The lowest BCUT2D eigenvalue weighted by molar-refractivity contribution is 0.0700. The van der Waals surface area contributed by atoms with Gasteiger partial charge in [0.25, 0.3) is 10.0 Å². The second-order valence-electron chi connectivity index (χ2n) is 4.79. The summed E-state index contributed by atoms with van der Waals surface area (Å²) < 4.78 is 27.1. The van der Waals surface area contributed by atoms with Crippen molar-refractivity contribution in [1.29, 1.82) is 0 Å². The van der Waals surface area contributed by atoms with Crippen molar-refractivity contribution in [1.82, 2.24) is 4.98 Å². The topological polar surface area (TPSA) is 99.3 Å². The molecule has 118 valence electrons. The Hall–Kier alpha value is -2.51. The van der Waals surface area contributed by atoms with Crippen molar-refractivity contribution in [2.45, 2.75) is 4.90 Å². The Kier molecular flexibility index (Phi) is 3.75. The molecule has 3 rings (SSSR count). The van der Waals surface area contributed by atoms with Crippen LogP contribution in [0.4, 0.5) is 5.69 Å². The minimum atomic E-state index is -3.92. The van der Waals surface area contributed by atoms with E-state index in [-0.39, 0.29) is 16.1 Å². The van der Waals surface area contributed by atoms with Gasteiger partial charge in [0.15, 0.2) is 0 Å². The van der Waals surface area contributed by atoms with E-state index in [9.17, 15) is 18.3 Å². The second-order valence-corrected chi connectivity index (χ2v) is 6.91. The van der Waals surface area contributed by atoms with Crippen molar-refractivity contribution >= 4 is 44.2 Å². The summed E-state index contributed by atoms with van der Waals surface area (Å²) in [5, 5.41) is 10.5. The number of benzene rings is 2. The molecule has 23 heavy (non-hydrogen) atoms. The van der Waals surface area contributed by atoms with Gasteiger partial charge in [0.1, 0.15) is 5.56 Å². The Morgan fingerprint density at radius 1 is 1.09 bits per heavy atom. The number of aromatic carboxylic acids is 1. The lowest BCUT2D eigenvalue weighted by atomic mass is 10.1. The molecule has 0 saturated carbocycles. The zero-order valence-electron chi connectivity index (χ0n) is 11.6. The number of halogens is 1. The first-order chi connectivity index (χ1) is 10.9. The summed E-state index contributed by atoms with van der Waals surface area (Å²) in [4.78, 5) is 14.3. The molecule has 0 spiro atoms. The number of carbonyl (C=O) groups is 1. The van der Waals surface area contributed by atoms with Gasteiger partial charge in [0.2, 0.25) is 0 Å². The number of anilines is 1. The molecular weight excluding hydrogens is 340 g/mol. The largest absolute Gasteiger partial charge is 0.478 e. The summed E-state index contributed by atoms with van der Waals surface area (Å²) in [7, 11) is -3.92. The summed E-state index contributed by atoms with van der Waals surface area (Å²) in [6.07, 6.45) is 1.59. The van der Waals surface area contributed by atoms with E-state index in [0.29, 0.717) is 15.9 Å². The van der Waals surface area contributed by atoms with Gasteiger partial charge >= 0.3 is 5.97 Å². The number of aromatic nitrogens is 1. The van der Waals surface area contributed by atoms with Crippen molar-refractivity contribution in [3.63, 3.8) is 0 Å². The quantitative estimate of drug-likeness (QED) is 0.672. The molecular formula is C15H11ClN2O4S. The molecule has 6 nitrogen and oxygen atoms in total. The Morgan fingerprint density at radius 2 is 1.78 bits per heavy atom.